The molecule has 0 heterocycles. The minimum atomic E-state index is -0.362. The van der Waals surface area contributed by atoms with Crippen molar-refractivity contribution in [1.82, 2.24) is 0 Å². The molecule has 0 atom stereocenters. The highest BCUT2D eigenvalue weighted by molar-refractivity contribution is 5.82. The van der Waals surface area contributed by atoms with Gasteiger partial charge in [0.15, 0.2) is 0 Å². The van der Waals surface area contributed by atoms with Crippen LogP contribution in [0.3, 0.4) is 0 Å². The Balaban J connectivity index is 2.04. The molecule has 2 aromatic carbocycles. The molecule has 0 N–H and O–H groups in total. The van der Waals surface area contributed by atoms with Gasteiger partial charge in [0.25, 0.3) is 0 Å². The zero-order chi connectivity index (χ0) is 18.1. The van der Waals surface area contributed by atoms with Crippen LogP contribution in [0.15, 0.2) is 78.9 Å². The third-order valence-electron chi connectivity index (χ3n) is 3.88. The molecule has 25 heavy (non-hydrogen) atoms. The van der Waals surface area contributed by atoms with Crippen molar-refractivity contribution >= 4 is 5.97 Å². The molecule has 0 amide bonds. The first-order chi connectivity index (χ1) is 12.0. The Morgan fingerprint density at radius 1 is 1.04 bits per heavy atom. The summed E-state index contributed by atoms with van der Waals surface area (Å²) < 4.78 is 10.5. The maximum Gasteiger partial charge on any atom is 0.330 e. The van der Waals surface area contributed by atoms with Crippen LogP contribution < -0.4 is 4.74 Å². The molecule has 2 aromatic rings. The zero-order valence-corrected chi connectivity index (χ0v) is 14.9. The molecule has 0 saturated carbocycles. The van der Waals surface area contributed by atoms with Crippen LogP contribution in [-0.4, -0.2) is 13.1 Å². The van der Waals surface area contributed by atoms with E-state index in [0.29, 0.717) is 6.61 Å². The van der Waals surface area contributed by atoms with Crippen molar-refractivity contribution in [2.45, 2.75) is 25.9 Å². The van der Waals surface area contributed by atoms with Crippen molar-refractivity contribution in [3.63, 3.8) is 0 Å². The normalized spacial score (nSPS) is 11.8. The van der Waals surface area contributed by atoms with E-state index in [2.05, 4.69) is 30.7 Å². The van der Waals surface area contributed by atoms with Gasteiger partial charge in [-0.1, -0.05) is 74.5 Å². The smallest absolute Gasteiger partial charge is 0.330 e. The number of ether oxygens (including phenoxy) is 2. The fraction of sp³-hybridized carbons (Fsp3) is 0.227. The molecule has 0 bridgehead atoms. The fourth-order valence-corrected chi connectivity index (χ4v) is 2.32. The van der Waals surface area contributed by atoms with E-state index in [1.165, 1.54) is 13.2 Å². The zero-order valence-electron chi connectivity index (χ0n) is 14.9. The lowest BCUT2D eigenvalue weighted by Gasteiger charge is -2.21. The van der Waals surface area contributed by atoms with Gasteiger partial charge in [0, 0.05) is 11.5 Å². The Morgan fingerprint density at radius 2 is 1.80 bits per heavy atom. The topological polar surface area (TPSA) is 35.5 Å². The second kappa shape index (κ2) is 8.88. The number of carbonyl (C=O) groups excluding carboxylic acids is 1. The predicted molar refractivity (Wildman–Crippen MR) is 101 cm³/mol. The summed E-state index contributed by atoms with van der Waals surface area (Å²) in [4.78, 5) is 11.1. The molecule has 0 saturated heterocycles. The first-order valence-electron chi connectivity index (χ1n) is 8.22. The van der Waals surface area contributed by atoms with Gasteiger partial charge in [-0.15, -0.1) is 0 Å². The van der Waals surface area contributed by atoms with Gasteiger partial charge >= 0.3 is 5.97 Å². The van der Waals surface area contributed by atoms with E-state index in [9.17, 15) is 4.79 Å². The first kappa shape index (κ1) is 18.5. The van der Waals surface area contributed by atoms with Crippen LogP contribution >= 0.6 is 0 Å². The lowest BCUT2D eigenvalue weighted by atomic mass is 9.84. The number of esters is 1. The van der Waals surface area contributed by atoms with Crippen LogP contribution in [0.1, 0.15) is 25.0 Å². The molecular formula is C22H24O3. The Kier molecular flexibility index (Phi) is 6.58. The Labute approximate surface area is 149 Å². The summed E-state index contributed by atoms with van der Waals surface area (Å²) in [6, 6.07) is 18.2. The van der Waals surface area contributed by atoms with Crippen LogP contribution in [-0.2, 0) is 21.6 Å². The van der Waals surface area contributed by atoms with E-state index in [0.717, 1.165) is 16.9 Å². The molecule has 2 rings (SSSR count). The summed E-state index contributed by atoms with van der Waals surface area (Å²) in [5, 5.41) is 0. The number of hydrogen-bond donors (Lipinski definition) is 0. The molecule has 0 spiro atoms. The molecule has 0 fully saturated rings. The summed E-state index contributed by atoms with van der Waals surface area (Å²) in [5.41, 5.74) is 2.09. The predicted octanol–water partition coefficient (Wildman–Crippen LogP) is 4.83. The van der Waals surface area contributed by atoms with Crippen molar-refractivity contribution in [1.29, 1.82) is 0 Å². The van der Waals surface area contributed by atoms with Crippen LogP contribution in [0, 0.1) is 0 Å². The number of hydrogen-bond acceptors (Lipinski definition) is 3. The third-order valence-corrected chi connectivity index (χ3v) is 3.88. The second-order valence-electron chi connectivity index (χ2n) is 6.27. The average Bonchev–Trinajstić information content (AvgIpc) is 2.64. The number of allylic oxidation sites excluding steroid dienone is 3. The van der Waals surface area contributed by atoms with Crippen molar-refractivity contribution in [2.24, 2.45) is 0 Å². The fourth-order valence-electron chi connectivity index (χ4n) is 2.32. The van der Waals surface area contributed by atoms with E-state index in [4.69, 9.17) is 4.74 Å². The maximum absolute atomic E-state index is 11.1. The van der Waals surface area contributed by atoms with Gasteiger partial charge in [-0.2, -0.15) is 0 Å². The summed E-state index contributed by atoms with van der Waals surface area (Å²) in [6.45, 7) is 4.78. The molecule has 3 heteroatoms. The van der Waals surface area contributed by atoms with Gasteiger partial charge in [-0.05, 0) is 23.3 Å². The summed E-state index contributed by atoms with van der Waals surface area (Å²) >= 11 is 0. The molecule has 0 aromatic heterocycles. The SMILES string of the molecule is COC(=O)/C=C/C=C/C(C)(C)c1cccc(OCc2ccccc2)c1. The maximum atomic E-state index is 11.1. The van der Waals surface area contributed by atoms with E-state index in [1.54, 1.807) is 6.08 Å². The van der Waals surface area contributed by atoms with Gasteiger partial charge in [0.1, 0.15) is 12.4 Å². The second-order valence-corrected chi connectivity index (χ2v) is 6.27. The highest BCUT2D eigenvalue weighted by Gasteiger charge is 2.17. The largest absolute Gasteiger partial charge is 0.489 e. The number of benzene rings is 2. The van der Waals surface area contributed by atoms with Crippen molar-refractivity contribution in [2.75, 3.05) is 7.11 Å². The Hall–Kier alpha value is -2.81. The van der Waals surface area contributed by atoms with Gasteiger partial charge in [0.05, 0.1) is 7.11 Å². The van der Waals surface area contributed by atoms with E-state index >= 15 is 0 Å². The molecule has 3 nitrogen and oxygen atoms in total. The molecule has 0 unspecified atom stereocenters. The van der Waals surface area contributed by atoms with Crippen LogP contribution in [0.25, 0.3) is 0 Å². The third kappa shape index (κ3) is 5.96. The van der Waals surface area contributed by atoms with E-state index in [-0.39, 0.29) is 11.4 Å². The van der Waals surface area contributed by atoms with Gasteiger partial charge in [-0.25, -0.2) is 4.79 Å². The van der Waals surface area contributed by atoms with Gasteiger partial charge in [0.2, 0.25) is 0 Å². The molecular weight excluding hydrogens is 312 g/mol. The Morgan fingerprint density at radius 3 is 2.52 bits per heavy atom. The van der Waals surface area contributed by atoms with Crippen LogP contribution in [0.4, 0.5) is 0 Å². The van der Waals surface area contributed by atoms with Crippen molar-refractivity contribution in [3.05, 3.63) is 90.0 Å². The molecule has 130 valence electrons. The van der Waals surface area contributed by atoms with Crippen LogP contribution in [0.2, 0.25) is 0 Å². The minimum absolute atomic E-state index is 0.188. The van der Waals surface area contributed by atoms with Crippen LogP contribution in [0.5, 0.6) is 5.75 Å². The van der Waals surface area contributed by atoms with Crippen molar-refractivity contribution in [3.8, 4) is 5.75 Å². The molecule has 0 aliphatic carbocycles. The van der Waals surface area contributed by atoms with E-state index < -0.39 is 0 Å². The van der Waals surface area contributed by atoms with Gasteiger partial charge in [-0.3, -0.25) is 0 Å². The van der Waals surface area contributed by atoms with E-state index in [1.807, 2.05) is 54.6 Å². The Bertz CT molecular complexity index is 743. The summed E-state index contributed by atoms with van der Waals surface area (Å²) in [7, 11) is 1.36. The quantitative estimate of drug-likeness (QED) is 0.413. The summed E-state index contributed by atoms with van der Waals surface area (Å²) in [6.07, 6.45) is 6.98. The number of methoxy groups -OCH3 is 1. The monoisotopic (exact) mass is 336 g/mol. The molecule has 0 aliphatic rings. The summed E-state index contributed by atoms with van der Waals surface area (Å²) in [5.74, 6) is 0.478. The lowest BCUT2D eigenvalue weighted by molar-refractivity contribution is -0.134. The highest BCUT2D eigenvalue weighted by atomic mass is 16.5. The van der Waals surface area contributed by atoms with Crippen molar-refractivity contribution < 1.29 is 14.3 Å². The number of carbonyl (C=O) groups is 1. The van der Waals surface area contributed by atoms with Gasteiger partial charge < -0.3 is 9.47 Å². The molecule has 0 radical (unpaired) electrons. The highest BCUT2D eigenvalue weighted by Crippen LogP contribution is 2.28. The standard InChI is InChI=1S/C22H24O3/c1-22(2,15-8-7-14-21(23)24-3)19-12-9-13-20(16-19)25-17-18-10-5-4-6-11-18/h4-16H,17H2,1-3H3/b14-7+,15-8+. The lowest BCUT2D eigenvalue weighted by Crippen LogP contribution is -2.13. The number of rotatable bonds is 7. The first-order valence-corrected chi connectivity index (χ1v) is 8.22. The minimum Gasteiger partial charge on any atom is -0.489 e. The molecule has 0 aliphatic heterocycles. The average molecular weight is 336 g/mol.